The summed E-state index contributed by atoms with van der Waals surface area (Å²) in [6.07, 6.45) is 0.934. The van der Waals surface area contributed by atoms with E-state index in [0.717, 1.165) is 23.0 Å². The molecule has 0 fully saturated rings. The van der Waals surface area contributed by atoms with E-state index in [1.807, 2.05) is 27.8 Å². The molecule has 1 N–H and O–H groups in total. The van der Waals surface area contributed by atoms with Crippen molar-refractivity contribution in [1.82, 2.24) is 15.5 Å². The number of nitrogens with one attached hydrogen (secondary N) is 1. The minimum Gasteiger partial charge on any atom is -0.369 e. The molecule has 0 atom stereocenters. The fourth-order valence-corrected chi connectivity index (χ4v) is 1.72. The predicted octanol–water partition coefficient (Wildman–Crippen LogP) is 1.62. The highest BCUT2D eigenvalue weighted by molar-refractivity contribution is 7.11. The Morgan fingerprint density at radius 1 is 1.27 bits per heavy atom. The van der Waals surface area contributed by atoms with E-state index in [9.17, 15) is 0 Å². The van der Waals surface area contributed by atoms with Crippen molar-refractivity contribution in [2.45, 2.75) is 39.4 Å². The number of likely N-dealkylation sites (N-methyl/N-ethyl adjacent to an activating group) is 1. The molecule has 5 heteroatoms. The second-order valence-electron chi connectivity index (χ2n) is 4.34. The molecule has 0 aromatic carbocycles. The molecule has 15 heavy (non-hydrogen) atoms. The third-order valence-corrected chi connectivity index (χ3v) is 2.68. The van der Waals surface area contributed by atoms with Gasteiger partial charge in [-0.15, -0.1) is 10.2 Å². The van der Waals surface area contributed by atoms with Crippen molar-refractivity contribution < 1.29 is 4.74 Å². The first-order valence-electron chi connectivity index (χ1n) is 5.11. The van der Waals surface area contributed by atoms with Gasteiger partial charge in [-0.2, -0.15) is 0 Å². The molecule has 0 radical (unpaired) electrons. The average Bonchev–Trinajstić information content (AvgIpc) is 2.58. The molecule has 0 bridgehead atoms. The van der Waals surface area contributed by atoms with Crippen molar-refractivity contribution in [3.63, 3.8) is 0 Å². The zero-order chi connectivity index (χ0) is 11.3. The van der Waals surface area contributed by atoms with Crippen molar-refractivity contribution in [3.8, 4) is 0 Å². The SMILES string of the molecule is CNCCc1nnc(COC(C)(C)C)s1. The fourth-order valence-electron chi connectivity index (χ4n) is 0.958. The summed E-state index contributed by atoms with van der Waals surface area (Å²) in [5, 5.41) is 13.3. The first kappa shape index (κ1) is 12.5. The molecule has 1 aromatic rings. The molecular weight excluding hydrogens is 210 g/mol. The maximum Gasteiger partial charge on any atom is 0.143 e. The topological polar surface area (TPSA) is 47.0 Å². The van der Waals surface area contributed by atoms with Crippen LogP contribution in [0.5, 0.6) is 0 Å². The number of hydrogen-bond acceptors (Lipinski definition) is 5. The number of nitrogens with zero attached hydrogens (tertiary/aromatic N) is 2. The van der Waals surface area contributed by atoms with E-state index in [0.29, 0.717) is 6.61 Å². The minimum absolute atomic E-state index is 0.114. The summed E-state index contributed by atoms with van der Waals surface area (Å²) in [5.41, 5.74) is -0.114. The van der Waals surface area contributed by atoms with Crippen molar-refractivity contribution in [1.29, 1.82) is 0 Å². The second-order valence-corrected chi connectivity index (χ2v) is 5.49. The lowest BCUT2D eigenvalue weighted by Crippen LogP contribution is -2.18. The van der Waals surface area contributed by atoms with E-state index >= 15 is 0 Å². The van der Waals surface area contributed by atoms with Gasteiger partial charge in [0.2, 0.25) is 0 Å². The standard InChI is InChI=1S/C10H19N3OS/c1-10(2,3)14-7-9-13-12-8(15-9)5-6-11-4/h11H,5-7H2,1-4H3. The molecule has 0 spiro atoms. The lowest BCUT2D eigenvalue weighted by atomic mass is 10.2. The first-order valence-corrected chi connectivity index (χ1v) is 5.93. The predicted molar refractivity (Wildman–Crippen MR) is 62.1 cm³/mol. The Balaban J connectivity index is 2.39. The molecule has 0 aliphatic heterocycles. The summed E-state index contributed by atoms with van der Waals surface area (Å²) in [5.74, 6) is 0. The van der Waals surface area contributed by atoms with Crippen LogP contribution in [-0.2, 0) is 17.8 Å². The van der Waals surface area contributed by atoms with Crippen LogP contribution in [0.4, 0.5) is 0 Å². The first-order chi connectivity index (χ1) is 7.01. The molecule has 0 unspecified atom stereocenters. The van der Waals surface area contributed by atoms with Gasteiger partial charge in [-0.1, -0.05) is 11.3 Å². The summed E-state index contributed by atoms with van der Waals surface area (Å²) in [4.78, 5) is 0. The largest absolute Gasteiger partial charge is 0.369 e. The van der Waals surface area contributed by atoms with Crippen LogP contribution < -0.4 is 5.32 Å². The van der Waals surface area contributed by atoms with Gasteiger partial charge in [0.25, 0.3) is 0 Å². The Morgan fingerprint density at radius 3 is 2.53 bits per heavy atom. The van der Waals surface area contributed by atoms with E-state index in [1.54, 1.807) is 11.3 Å². The van der Waals surface area contributed by atoms with Crippen LogP contribution in [0.25, 0.3) is 0 Å². The molecule has 1 rings (SSSR count). The molecule has 1 heterocycles. The Morgan fingerprint density at radius 2 is 1.93 bits per heavy atom. The smallest absolute Gasteiger partial charge is 0.143 e. The van der Waals surface area contributed by atoms with Crippen LogP contribution in [-0.4, -0.2) is 29.4 Å². The van der Waals surface area contributed by atoms with Gasteiger partial charge in [-0.05, 0) is 27.8 Å². The zero-order valence-corrected chi connectivity index (χ0v) is 10.6. The second kappa shape index (κ2) is 5.53. The fraction of sp³-hybridized carbons (Fsp3) is 0.800. The van der Waals surface area contributed by atoms with Crippen LogP contribution in [0, 0.1) is 0 Å². The van der Waals surface area contributed by atoms with Crippen LogP contribution in [0.2, 0.25) is 0 Å². The molecule has 86 valence electrons. The van der Waals surface area contributed by atoms with Crippen LogP contribution in [0.15, 0.2) is 0 Å². The Kier molecular flexibility index (Phi) is 4.63. The van der Waals surface area contributed by atoms with Gasteiger partial charge >= 0.3 is 0 Å². The normalized spacial score (nSPS) is 12.0. The van der Waals surface area contributed by atoms with E-state index < -0.39 is 0 Å². The summed E-state index contributed by atoms with van der Waals surface area (Å²) in [6.45, 7) is 7.61. The quantitative estimate of drug-likeness (QED) is 0.833. The van der Waals surface area contributed by atoms with Gasteiger partial charge in [-0.25, -0.2) is 0 Å². The third-order valence-electron chi connectivity index (χ3n) is 1.73. The lowest BCUT2D eigenvalue weighted by Gasteiger charge is -2.17. The highest BCUT2D eigenvalue weighted by Gasteiger charge is 2.12. The number of hydrogen-bond donors (Lipinski definition) is 1. The molecule has 1 aromatic heterocycles. The summed E-state index contributed by atoms with van der Waals surface area (Å²) < 4.78 is 5.63. The van der Waals surface area contributed by atoms with Crippen LogP contribution >= 0.6 is 11.3 Å². The van der Waals surface area contributed by atoms with Crippen molar-refractivity contribution in [2.75, 3.05) is 13.6 Å². The van der Waals surface area contributed by atoms with Gasteiger partial charge in [0.05, 0.1) is 5.60 Å². The van der Waals surface area contributed by atoms with Gasteiger partial charge in [0, 0.05) is 13.0 Å². The summed E-state index contributed by atoms with van der Waals surface area (Å²) in [7, 11) is 1.94. The molecule has 0 aliphatic carbocycles. The number of rotatable bonds is 5. The van der Waals surface area contributed by atoms with Crippen molar-refractivity contribution in [2.24, 2.45) is 0 Å². The summed E-state index contributed by atoms with van der Waals surface area (Å²) in [6, 6.07) is 0. The van der Waals surface area contributed by atoms with Crippen molar-refractivity contribution >= 4 is 11.3 Å². The maximum absolute atomic E-state index is 5.63. The molecule has 4 nitrogen and oxygen atoms in total. The molecule has 0 saturated carbocycles. The van der Waals surface area contributed by atoms with Crippen LogP contribution in [0.1, 0.15) is 30.8 Å². The minimum atomic E-state index is -0.114. The monoisotopic (exact) mass is 229 g/mol. The highest BCUT2D eigenvalue weighted by atomic mass is 32.1. The van der Waals surface area contributed by atoms with E-state index in [4.69, 9.17) is 4.74 Å². The summed E-state index contributed by atoms with van der Waals surface area (Å²) >= 11 is 1.63. The molecular formula is C10H19N3OS. The van der Waals surface area contributed by atoms with E-state index in [1.165, 1.54) is 0 Å². The van der Waals surface area contributed by atoms with Gasteiger partial charge in [-0.3, -0.25) is 0 Å². The molecule has 0 amide bonds. The van der Waals surface area contributed by atoms with Gasteiger partial charge in [0.1, 0.15) is 16.6 Å². The maximum atomic E-state index is 5.63. The van der Waals surface area contributed by atoms with Gasteiger partial charge < -0.3 is 10.1 Å². The third kappa shape index (κ3) is 5.20. The number of aromatic nitrogens is 2. The van der Waals surface area contributed by atoms with E-state index in [2.05, 4.69) is 15.5 Å². The highest BCUT2D eigenvalue weighted by Crippen LogP contribution is 2.15. The molecule has 0 saturated heterocycles. The Hall–Kier alpha value is -0.520. The van der Waals surface area contributed by atoms with E-state index in [-0.39, 0.29) is 5.60 Å². The van der Waals surface area contributed by atoms with Crippen molar-refractivity contribution in [3.05, 3.63) is 10.0 Å². The Labute approximate surface area is 95.1 Å². The number of ether oxygens (including phenoxy) is 1. The zero-order valence-electron chi connectivity index (χ0n) is 9.83. The van der Waals surface area contributed by atoms with Crippen LogP contribution in [0.3, 0.4) is 0 Å². The Bertz CT molecular complexity index is 293. The molecule has 0 aliphatic rings. The van der Waals surface area contributed by atoms with Gasteiger partial charge in [0.15, 0.2) is 0 Å². The average molecular weight is 229 g/mol. The lowest BCUT2D eigenvalue weighted by molar-refractivity contribution is -0.0152.